The van der Waals surface area contributed by atoms with Crippen molar-refractivity contribution in [2.24, 2.45) is 5.73 Å². The number of carbonyl (C=O) groups excluding carboxylic acids is 1. The van der Waals surface area contributed by atoms with Gasteiger partial charge in [0, 0.05) is 0 Å². The molecule has 0 spiro atoms. The fourth-order valence-corrected chi connectivity index (χ4v) is 1.02. The molecule has 3 N–H and O–H groups in total. The summed E-state index contributed by atoms with van der Waals surface area (Å²) in [6.45, 7) is 5.87. The van der Waals surface area contributed by atoms with Crippen LogP contribution in [-0.4, -0.2) is 32.1 Å². The second-order valence-electron chi connectivity index (χ2n) is 4.72. The number of nitrogens with one attached hydrogen (secondary N) is 1. The molecule has 1 amide bonds. The van der Waals surface area contributed by atoms with Crippen molar-refractivity contribution >= 4 is 23.1 Å². The highest BCUT2D eigenvalue weighted by Crippen LogP contribution is 2.06. The van der Waals surface area contributed by atoms with Gasteiger partial charge in [0.05, 0.1) is 13.1 Å². The highest BCUT2D eigenvalue weighted by molar-refractivity contribution is 8.93. The Labute approximate surface area is 137 Å². The van der Waals surface area contributed by atoms with Crippen LogP contribution in [0.15, 0.2) is 21.6 Å². The molecule has 0 unspecified atom stereocenters. The molecule has 2 heterocycles. The first-order chi connectivity index (χ1) is 9.90. The molecule has 0 bridgehead atoms. The molecule has 0 radical (unpaired) electrons. The number of ether oxygens (including phenoxy) is 1. The van der Waals surface area contributed by atoms with Crippen LogP contribution in [0.1, 0.15) is 32.6 Å². The maximum Gasteiger partial charge on any atom is 0.408 e. The monoisotopic (exact) mass is 378 g/mol. The highest BCUT2D eigenvalue weighted by Gasteiger charge is 2.16. The maximum absolute atomic E-state index is 11.1. The Bertz CT molecular complexity index is 511. The standard InChI is InChI=1S/C8H13N3O3.C3H5N3O.BrH/c1-8(2,3)14-7(12)9-4-6-11-10-5-13-6;4-1-3-6-5-2-7-3;/h5H,4H2,1-3H3,(H,9,12);2H,1,4H2;1H. The molecule has 22 heavy (non-hydrogen) atoms. The Morgan fingerprint density at radius 2 is 1.77 bits per heavy atom. The van der Waals surface area contributed by atoms with Crippen LogP contribution in [0.2, 0.25) is 0 Å². The molecule has 0 aliphatic carbocycles. The van der Waals surface area contributed by atoms with Gasteiger partial charge in [0.1, 0.15) is 5.60 Å². The summed E-state index contributed by atoms with van der Waals surface area (Å²) in [7, 11) is 0. The summed E-state index contributed by atoms with van der Waals surface area (Å²) < 4.78 is 14.5. The van der Waals surface area contributed by atoms with Gasteiger partial charge in [0.2, 0.25) is 24.6 Å². The second kappa shape index (κ2) is 9.84. The summed E-state index contributed by atoms with van der Waals surface area (Å²) in [5.41, 5.74) is 4.60. The second-order valence-corrected chi connectivity index (χ2v) is 4.72. The molecule has 0 aliphatic heterocycles. The fraction of sp³-hybridized carbons (Fsp3) is 0.545. The fourth-order valence-electron chi connectivity index (χ4n) is 1.02. The van der Waals surface area contributed by atoms with Crippen molar-refractivity contribution in [3.8, 4) is 0 Å². The lowest BCUT2D eigenvalue weighted by Gasteiger charge is -2.19. The van der Waals surface area contributed by atoms with Gasteiger partial charge >= 0.3 is 6.09 Å². The van der Waals surface area contributed by atoms with Crippen molar-refractivity contribution in [1.29, 1.82) is 0 Å². The van der Waals surface area contributed by atoms with Crippen LogP contribution < -0.4 is 11.1 Å². The van der Waals surface area contributed by atoms with E-state index in [-0.39, 0.29) is 23.5 Å². The normalized spacial score (nSPS) is 10.0. The smallest absolute Gasteiger partial charge is 0.408 e. The minimum absolute atomic E-state index is 0. The molecule has 10 nitrogen and oxygen atoms in total. The lowest BCUT2D eigenvalue weighted by molar-refractivity contribution is 0.0519. The molecule has 11 heteroatoms. The summed E-state index contributed by atoms with van der Waals surface area (Å²) in [6.07, 6.45) is 1.95. The Morgan fingerprint density at radius 1 is 1.23 bits per heavy atom. The van der Waals surface area contributed by atoms with Crippen molar-refractivity contribution in [2.75, 3.05) is 0 Å². The predicted molar refractivity (Wildman–Crippen MR) is 79.9 cm³/mol. The van der Waals surface area contributed by atoms with Crippen LogP contribution in [-0.2, 0) is 17.8 Å². The van der Waals surface area contributed by atoms with Crippen LogP contribution >= 0.6 is 17.0 Å². The quantitative estimate of drug-likeness (QED) is 0.804. The Balaban J connectivity index is 0.000000465. The summed E-state index contributed by atoms with van der Waals surface area (Å²) >= 11 is 0. The highest BCUT2D eigenvalue weighted by atomic mass is 79.9. The van der Waals surface area contributed by atoms with Crippen molar-refractivity contribution in [1.82, 2.24) is 25.7 Å². The van der Waals surface area contributed by atoms with E-state index in [2.05, 4.69) is 30.1 Å². The first-order valence-corrected chi connectivity index (χ1v) is 6.07. The molecule has 124 valence electrons. The number of halogens is 1. The van der Waals surface area contributed by atoms with E-state index in [0.717, 1.165) is 0 Å². The van der Waals surface area contributed by atoms with Crippen LogP contribution in [0.25, 0.3) is 0 Å². The van der Waals surface area contributed by atoms with Gasteiger partial charge in [-0.3, -0.25) is 0 Å². The largest absolute Gasteiger partial charge is 0.444 e. The number of nitrogens with two attached hydrogens (primary N) is 1. The van der Waals surface area contributed by atoms with Gasteiger partial charge in [-0.15, -0.1) is 37.4 Å². The average molecular weight is 379 g/mol. The molecule has 0 saturated heterocycles. The number of carbonyl (C=O) groups is 1. The molecule has 0 atom stereocenters. The zero-order valence-electron chi connectivity index (χ0n) is 12.5. The SMILES string of the molecule is Br.CC(C)(C)OC(=O)NCc1nnco1.NCc1nnco1. The first-order valence-electron chi connectivity index (χ1n) is 6.07. The van der Waals surface area contributed by atoms with Gasteiger partial charge in [0.15, 0.2) is 0 Å². The lowest BCUT2D eigenvalue weighted by atomic mass is 10.2. The Hall–Kier alpha value is -2.01. The number of amides is 1. The van der Waals surface area contributed by atoms with Crippen molar-refractivity contribution < 1.29 is 18.4 Å². The molecule has 0 fully saturated rings. The summed E-state index contributed by atoms with van der Waals surface area (Å²) in [5.74, 6) is 0.816. The number of aromatic nitrogens is 4. The van der Waals surface area contributed by atoms with E-state index in [1.165, 1.54) is 12.8 Å². The van der Waals surface area contributed by atoms with E-state index in [0.29, 0.717) is 18.3 Å². The van der Waals surface area contributed by atoms with Crippen LogP contribution in [0.4, 0.5) is 4.79 Å². The van der Waals surface area contributed by atoms with E-state index in [4.69, 9.17) is 14.9 Å². The predicted octanol–water partition coefficient (Wildman–Crippen LogP) is 1.20. The minimum Gasteiger partial charge on any atom is -0.444 e. The number of alkyl carbamates (subject to hydrolysis) is 1. The average Bonchev–Trinajstić information content (AvgIpc) is 3.08. The zero-order valence-corrected chi connectivity index (χ0v) is 14.2. The lowest BCUT2D eigenvalue weighted by Crippen LogP contribution is -2.32. The summed E-state index contributed by atoms with van der Waals surface area (Å²) in [5, 5.41) is 16.4. The third-order valence-corrected chi connectivity index (χ3v) is 1.77. The number of hydrogen-bond donors (Lipinski definition) is 2. The van der Waals surface area contributed by atoms with Crippen LogP contribution in [0, 0.1) is 0 Å². The minimum atomic E-state index is -0.504. The molecular formula is C11H19BrN6O4. The number of nitrogens with zero attached hydrogens (tertiary/aromatic N) is 4. The molecule has 2 aromatic heterocycles. The summed E-state index contributed by atoms with van der Waals surface area (Å²) in [6, 6.07) is 0. The van der Waals surface area contributed by atoms with Crippen LogP contribution in [0.3, 0.4) is 0 Å². The summed E-state index contributed by atoms with van der Waals surface area (Å²) in [4.78, 5) is 11.1. The first kappa shape index (κ1) is 20.0. The van der Waals surface area contributed by atoms with Crippen molar-refractivity contribution in [3.05, 3.63) is 24.6 Å². The number of hydrogen-bond acceptors (Lipinski definition) is 9. The molecule has 2 aromatic rings. The Kier molecular flexibility index (Phi) is 8.94. The molecule has 0 aromatic carbocycles. The maximum atomic E-state index is 11.1. The van der Waals surface area contributed by atoms with Gasteiger partial charge in [-0.2, -0.15) is 0 Å². The third-order valence-electron chi connectivity index (χ3n) is 1.77. The van der Waals surface area contributed by atoms with E-state index in [9.17, 15) is 4.79 Å². The van der Waals surface area contributed by atoms with Crippen molar-refractivity contribution in [3.63, 3.8) is 0 Å². The number of rotatable bonds is 3. The van der Waals surface area contributed by atoms with E-state index < -0.39 is 11.7 Å². The van der Waals surface area contributed by atoms with Gasteiger partial charge in [-0.05, 0) is 20.8 Å². The van der Waals surface area contributed by atoms with Gasteiger partial charge < -0.3 is 24.6 Å². The van der Waals surface area contributed by atoms with E-state index in [1.807, 2.05) is 0 Å². The van der Waals surface area contributed by atoms with Crippen molar-refractivity contribution in [2.45, 2.75) is 39.5 Å². The molecular weight excluding hydrogens is 360 g/mol. The van der Waals surface area contributed by atoms with E-state index in [1.54, 1.807) is 20.8 Å². The van der Waals surface area contributed by atoms with Gasteiger partial charge in [-0.25, -0.2) is 4.79 Å². The third kappa shape index (κ3) is 9.02. The van der Waals surface area contributed by atoms with Gasteiger partial charge in [-0.1, -0.05) is 0 Å². The molecule has 0 saturated carbocycles. The van der Waals surface area contributed by atoms with Crippen LogP contribution in [0.5, 0.6) is 0 Å². The molecule has 0 aliphatic rings. The van der Waals surface area contributed by atoms with E-state index >= 15 is 0 Å². The molecule has 2 rings (SSSR count). The Morgan fingerprint density at radius 3 is 2.14 bits per heavy atom. The van der Waals surface area contributed by atoms with Gasteiger partial charge in [0.25, 0.3) is 0 Å². The topological polar surface area (TPSA) is 142 Å². The zero-order chi connectivity index (χ0) is 15.7.